The predicted octanol–water partition coefficient (Wildman–Crippen LogP) is 5.38. The number of hydrogen-bond acceptors (Lipinski definition) is 3. The van der Waals surface area contributed by atoms with Crippen LogP contribution in [0.25, 0.3) is 6.08 Å². The van der Waals surface area contributed by atoms with E-state index in [9.17, 15) is 9.59 Å². The van der Waals surface area contributed by atoms with Gasteiger partial charge in [0.25, 0.3) is 0 Å². The van der Waals surface area contributed by atoms with Gasteiger partial charge in [-0.1, -0.05) is 48.0 Å². The SMILES string of the molecule is Cc1ccc(NC(=O)CSc2ccc(NC(=O)/C=C/c3ccccc3)cc2)cc1. The van der Waals surface area contributed by atoms with Crippen LogP contribution in [0.3, 0.4) is 0 Å². The van der Waals surface area contributed by atoms with Gasteiger partial charge in [-0.3, -0.25) is 9.59 Å². The highest BCUT2D eigenvalue weighted by Gasteiger charge is 2.04. The molecule has 0 aromatic heterocycles. The number of nitrogens with one attached hydrogen (secondary N) is 2. The lowest BCUT2D eigenvalue weighted by Gasteiger charge is -2.07. The van der Waals surface area contributed by atoms with Gasteiger partial charge in [0.05, 0.1) is 5.75 Å². The van der Waals surface area contributed by atoms with Crippen LogP contribution in [0.1, 0.15) is 11.1 Å². The molecule has 0 atom stereocenters. The molecule has 4 nitrogen and oxygen atoms in total. The minimum Gasteiger partial charge on any atom is -0.325 e. The van der Waals surface area contributed by atoms with E-state index in [1.54, 1.807) is 6.08 Å². The fraction of sp³-hybridized carbons (Fsp3) is 0.0833. The molecular weight excluding hydrogens is 380 g/mol. The Balaban J connectivity index is 1.45. The monoisotopic (exact) mass is 402 g/mol. The lowest BCUT2D eigenvalue weighted by Crippen LogP contribution is -2.13. The first-order valence-electron chi connectivity index (χ1n) is 9.22. The maximum Gasteiger partial charge on any atom is 0.248 e. The Kier molecular flexibility index (Phi) is 7.25. The summed E-state index contributed by atoms with van der Waals surface area (Å²) < 4.78 is 0. The Morgan fingerprint density at radius 3 is 2.14 bits per heavy atom. The second-order valence-corrected chi connectivity index (χ2v) is 7.51. The average Bonchev–Trinajstić information content (AvgIpc) is 2.74. The molecule has 0 heterocycles. The Hall–Kier alpha value is -3.31. The van der Waals surface area contributed by atoms with Gasteiger partial charge in [0.15, 0.2) is 0 Å². The van der Waals surface area contributed by atoms with E-state index >= 15 is 0 Å². The number of hydrogen-bond donors (Lipinski definition) is 2. The first-order chi connectivity index (χ1) is 14.1. The summed E-state index contributed by atoms with van der Waals surface area (Å²) in [7, 11) is 0. The van der Waals surface area contributed by atoms with Gasteiger partial charge in [0.1, 0.15) is 0 Å². The fourth-order valence-electron chi connectivity index (χ4n) is 2.54. The molecule has 2 N–H and O–H groups in total. The van der Waals surface area contributed by atoms with Crippen molar-refractivity contribution in [3.63, 3.8) is 0 Å². The Bertz CT molecular complexity index is 982. The molecule has 3 aromatic carbocycles. The second-order valence-electron chi connectivity index (χ2n) is 6.46. The maximum atomic E-state index is 12.1. The third-order valence-electron chi connectivity index (χ3n) is 4.05. The minimum absolute atomic E-state index is 0.0534. The van der Waals surface area contributed by atoms with Crippen LogP contribution in [0.2, 0.25) is 0 Å². The summed E-state index contributed by atoms with van der Waals surface area (Å²) >= 11 is 1.45. The number of aryl methyl sites for hydroxylation is 1. The molecule has 5 heteroatoms. The van der Waals surface area contributed by atoms with Crippen molar-refractivity contribution in [2.24, 2.45) is 0 Å². The molecule has 0 saturated carbocycles. The van der Waals surface area contributed by atoms with Crippen molar-refractivity contribution < 1.29 is 9.59 Å². The fourth-order valence-corrected chi connectivity index (χ4v) is 3.24. The molecule has 0 aliphatic heterocycles. The van der Waals surface area contributed by atoms with Gasteiger partial charge in [-0.15, -0.1) is 11.8 Å². The van der Waals surface area contributed by atoms with E-state index in [4.69, 9.17) is 0 Å². The maximum absolute atomic E-state index is 12.1. The van der Waals surface area contributed by atoms with E-state index in [0.717, 1.165) is 21.7 Å². The number of rotatable bonds is 7. The molecule has 0 aliphatic rings. The van der Waals surface area contributed by atoms with Gasteiger partial charge in [-0.2, -0.15) is 0 Å². The van der Waals surface area contributed by atoms with E-state index in [1.807, 2.05) is 85.8 Å². The molecule has 0 bridgehead atoms. The van der Waals surface area contributed by atoms with Crippen molar-refractivity contribution >= 4 is 41.0 Å². The van der Waals surface area contributed by atoms with Crippen LogP contribution in [-0.2, 0) is 9.59 Å². The molecular formula is C24H22N2O2S. The number of benzene rings is 3. The normalized spacial score (nSPS) is 10.7. The Morgan fingerprint density at radius 1 is 0.828 bits per heavy atom. The van der Waals surface area contributed by atoms with Crippen LogP contribution in [-0.4, -0.2) is 17.6 Å². The Labute approximate surface area is 175 Å². The first kappa shape index (κ1) is 20.4. The zero-order valence-electron chi connectivity index (χ0n) is 16.1. The van der Waals surface area contributed by atoms with Gasteiger partial charge in [0, 0.05) is 22.3 Å². The van der Waals surface area contributed by atoms with E-state index in [-0.39, 0.29) is 11.8 Å². The number of anilines is 2. The van der Waals surface area contributed by atoms with Crippen molar-refractivity contribution in [3.8, 4) is 0 Å². The topological polar surface area (TPSA) is 58.2 Å². The highest BCUT2D eigenvalue weighted by Crippen LogP contribution is 2.21. The molecule has 0 unspecified atom stereocenters. The lowest BCUT2D eigenvalue weighted by molar-refractivity contribution is -0.114. The summed E-state index contributed by atoms with van der Waals surface area (Å²) in [6.45, 7) is 2.01. The summed E-state index contributed by atoms with van der Waals surface area (Å²) in [6, 6.07) is 24.8. The van der Waals surface area contributed by atoms with Gasteiger partial charge >= 0.3 is 0 Å². The number of carbonyl (C=O) groups excluding carboxylic acids is 2. The van der Waals surface area contributed by atoms with Crippen LogP contribution in [0, 0.1) is 6.92 Å². The number of amides is 2. The molecule has 0 aliphatic carbocycles. The minimum atomic E-state index is -0.188. The summed E-state index contributed by atoms with van der Waals surface area (Å²) in [5.74, 6) is 0.0772. The highest BCUT2D eigenvalue weighted by atomic mass is 32.2. The van der Waals surface area contributed by atoms with Gasteiger partial charge < -0.3 is 10.6 Å². The van der Waals surface area contributed by atoms with E-state index in [1.165, 1.54) is 17.8 Å². The molecule has 0 fully saturated rings. The largest absolute Gasteiger partial charge is 0.325 e. The molecule has 3 aromatic rings. The van der Waals surface area contributed by atoms with Gasteiger partial charge in [-0.25, -0.2) is 0 Å². The van der Waals surface area contributed by atoms with Crippen molar-refractivity contribution in [3.05, 3.63) is 96.1 Å². The highest BCUT2D eigenvalue weighted by molar-refractivity contribution is 8.00. The molecule has 3 rings (SSSR count). The quantitative estimate of drug-likeness (QED) is 0.412. The van der Waals surface area contributed by atoms with Crippen molar-refractivity contribution in [2.75, 3.05) is 16.4 Å². The third kappa shape index (κ3) is 6.97. The van der Waals surface area contributed by atoms with Gasteiger partial charge in [0.2, 0.25) is 11.8 Å². The predicted molar refractivity (Wildman–Crippen MR) is 121 cm³/mol. The van der Waals surface area contributed by atoms with E-state index in [2.05, 4.69) is 10.6 Å². The summed E-state index contributed by atoms with van der Waals surface area (Å²) in [4.78, 5) is 25.1. The number of thioether (sulfide) groups is 1. The van der Waals surface area contributed by atoms with Crippen LogP contribution >= 0.6 is 11.8 Å². The van der Waals surface area contributed by atoms with Crippen molar-refractivity contribution in [1.82, 2.24) is 0 Å². The molecule has 0 saturated heterocycles. The zero-order chi connectivity index (χ0) is 20.5. The molecule has 0 radical (unpaired) electrons. The smallest absolute Gasteiger partial charge is 0.248 e. The Morgan fingerprint density at radius 2 is 1.45 bits per heavy atom. The first-order valence-corrected chi connectivity index (χ1v) is 10.2. The molecule has 0 spiro atoms. The molecule has 2 amide bonds. The average molecular weight is 403 g/mol. The zero-order valence-corrected chi connectivity index (χ0v) is 16.9. The summed E-state index contributed by atoms with van der Waals surface area (Å²) in [5.41, 5.74) is 3.63. The summed E-state index contributed by atoms with van der Waals surface area (Å²) in [6.07, 6.45) is 3.28. The van der Waals surface area contributed by atoms with Gasteiger partial charge in [-0.05, 0) is 55.0 Å². The van der Waals surface area contributed by atoms with Crippen LogP contribution in [0.15, 0.2) is 89.8 Å². The van der Waals surface area contributed by atoms with Crippen LogP contribution in [0.4, 0.5) is 11.4 Å². The number of carbonyl (C=O) groups is 2. The van der Waals surface area contributed by atoms with E-state index in [0.29, 0.717) is 11.4 Å². The lowest BCUT2D eigenvalue weighted by atomic mass is 10.2. The van der Waals surface area contributed by atoms with Crippen molar-refractivity contribution in [2.45, 2.75) is 11.8 Å². The van der Waals surface area contributed by atoms with Crippen LogP contribution in [0.5, 0.6) is 0 Å². The molecule has 29 heavy (non-hydrogen) atoms. The van der Waals surface area contributed by atoms with E-state index < -0.39 is 0 Å². The third-order valence-corrected chi connectivity index (χ3v) is 5.07. The molecule has 146 valence electrons. The standard InChI is InChI=1S/C24H22N2O2S/c1-18-7-10-20(11-8-18)26-24(28)17-29-22-14-12-21(13-15-22)25-23(27)16-9-19-5-3-2-4-6-19/h2-16H,17H2,1H3,(H,25,27)(H,26,28)/b16-9+. The van der Waals surface area contributed by atoms with Crippen LogP contribution < -0.4 is 10.6 Å². The summed E-state index contributed by atoms with van der Waals surface area (Å²) in [5, 5.41) is 5.71. The van der Waals surface area contributed by atoms with Crippen molar-refractivity contribution in [1.29, 1.82) is 0 Å². The second kappa shape index (κ2) is 10.3.